The Morgan fingerprint density at radius 1 is 1.37 bits per heavy atom. The SMILES string of the molecule is CN(CP(=O)(O)O)C(=O)N(O)Cc1ccccc1Cl. The van der Waals surface area contributed by atoms with Crippen molar-refractivity contribution in [2.45, 2.75) is 6.54 Å². The zero-order valence-electron chi connectivity index (χ0n) is 10.1. The van der Waals surface area contributed by atoms with Crippen LogP contribution >= 0.6 is 19.2 Å². The molecule has 0 aliphatic rings. The van der Waals surface area contributed by atoms with Gasteiger partial charge in [0.2, 0.25) is 0 Å². The van der Waals surface area contributed by atoms with E-state index in [1.807, 2.05) is 0 Å². The molecule has 1 rings (SSSR count). The van der Waals surface area contributed by atoms with Crippen molar-refractivity contribution < 1.29 is 24.4 Å². The fourth-order valence-corrected chi connectivity index (χ4v) is 2.26. The predicted molar refractivity (Wildman–Crippen MR) is 68.9 cm³/mol. The number of halogens is 1. The van der Waals surface area contributed by atoms with Gasteiger partial charge in [-0.2, -0.15) is 0 Å². The molecule has 0 aliphatic heterocycles. The first-order chi connectivity index (χ1) is 8.70. The van der Waals surface area contributed by atoms with Gasteiger partial charge in [0.15, 0.2) is 0 Å². The van der Waals surface area contributed by atoms with Gasteiger partial charge < -0.3 is 14.7 Å². The van der Waals surface area contributed by atoms with Crippen LogP contribution in [0.5, 0.6) is 0 Å². The van der Waals surface area contributed by atoms with E-state index in [0.29, 0.717) is 15.6 Å². The van der Waals surface area contributed by atoms with Crippen LogP contribution in [0.3, 0.4) is 0 Å². The van der Waals surface area contributed by atoms with Crippen molar-refractivity contribution in [1.29, 1.82) is 0 Å². The lowest BCUT2D eigenvalue weighted by Crippen LogP contribution is -2.39. The molecule has 0 aromatic heterocycles. The lowest BCUT2D eigenvalue weighted by atomic mass is 10.2. The highest BCUT2D eigenvalue weighted by molar-refractivity contribution is 7.51. The Morgan fingerprint density at radius 3 is 2.47 bits per heavy atom. The summed E-state index contributed by atoms with van der Waals surface area (Å²) < 4.78 is 10.8. The molecular formula is C10H14ClN2O5P. The molecule has 9 heteroatoms. The maximum absolute atomic E-state index is 11.7. The Hall–Kier alpha value is -1.11. The highest BCUT2D eigenvalue weighted by Crippen LogP contribution is 2.34. The zero-order valence-corrected chi connectivity index (χ0v) is 11.8. The zero-order chi connectivity index (χ0) is 14.6. The van der Waals surface area contributed by atoms with Gasteiger partial charge >= 0.3 is 13.6 Å². The van der Waals surface area contributed by atoms with E-state index in [2.05, 4.69) is 0 Å². The van der Waals surface area contributed by atoms with Crippen molar-refractivity contribution in [3.8, 4) is 0 Å². The summed E-state index contributed by atoms with van der Waals surface area (Å²) in [6.07, 6.45) is -0.772. The Morgan fingerprint density at radius 2 is 1.95 bits per heavy atom. The minimum atomic E-state index is -4.37. The molecule has 1 aromatic rings. The van der Waals surface area contributed by atoms with Gasteiger partial charge in [-0.25, -0.2) is 9.86 Å². The summed E-state index contributed by atoms with van der Waals surface area (Å²) in [5.74, 6) is 0. The van der Waals surface area contributed by atoms with Gasteiger partial charge in [-0.15, -0.1) is 0 Å². The number of hydrogen-bond acceptors (Lipinski definition) is 3. The van der Waals surface area contributed by atoms with Crippen LogP contribution < -0.4 is 0 Å². The first-order valence-corrected chi connectivity index (χ1v) is 7.38. The van der Waals surface area contributed by atoms with Gasteiger partial charge in [-0.3, -0.25) is 9.77 Å². The Kier molecular flexibility index (Phi) is 5.34. The molecule has 2 amide bonds. The lowest BCUT2D eigenvalue weighted by Gasteiger charge is -2.23. The topological polar surface area (TPSA) is 101 Å². The normalized spacial score (nSPS) is 11.2. The first-order valence-electron chi connectivity index (χ1n) is 5.20. The van der Waals surface area contributed by atoms with E-state index in [-0.39, 0.29) is 6.54 Å². The number of carbonyl (C=O) groups is 1. The predicted octanol–water partition coefficient (Wildman–Crippen LogP) is 1.72. The second-order valence-electron chi connectivity index (χ2n) is 3.94. The number of hydroxylamine groups is 2. The quantitative estimate of drug-likeness (QED) is 0.446. The maximum atomic E-state index is 11.7. The van der Waals surface area contributed by atoms with Crippen molar-refractivity contribution in [3.63, 3.8) is 0 Å². The van der Waals surface area contributed by atoms with Crippen molar-refractivity contribution >= 4 is 25.2 Å². The van der Waals surface area contributed by atoms with Gasteiger partial charge in [-0.05, 0) is 11.6 Å². The number of benzene rings is 1. The summed E-state index contributed by atoms with van der Waals surface area (Å²) in [5, 5.41) is 10.3. The summed E-state index contributed by atoms with van der Waals surface area (Å²) in [6, 6.07) is 5.70. The monoisotopic (exact) mass is 308 g/mol. The molecule has 0 atom stereocenters. The van der Waals surface area contributed by atoms with E-state index >= 15 is 0 Å². The lowest BCUT2D eigenvalue weighted by molar-refractivity contribution is -0.0610. The average molecular weight is 309 g/mol. The maximum Gasteiger partial charge on any atom is 0.344 e. The van der Waals surface area contributed by atoms with Gasteiger partial charge in [0, 0.05) is 12.1 Å². The summed E-state index contributed by atoms with van der Waals surface area (Å²) >= 11 is 5.87. The molecule has 0 bridgehead atoms. The molecule has 19 heavy (non-hydrogen) atoms. The van der Waals surface area contributed by atoms with Crippen LogP contribution in [-0.2, 0) is 11.1 Å². The highest BCUT2D eigenvalue weighted by Gasteiger charge is 2.24. The number of urea groups is 1. The Labute approximate surface area is 115 Å². The third-order valence-corrected chi connectivity index (χ3v) is 3.38. The van der Waals surface area contributed by atoms with Crippen LogP contribution in [0.1, 0.15) is 5.56 Å². The van der Waals surface area contributed by atoms with Crippen LogP contribution in [0.25, 0.3) is 0 Å². The minimum Gasteiger partial charge on any atom is -0.323 e. The molecule has 106 valence electrons. The second-order valence-corrected chi connectivity index (χ2v) is 5.96. The molecule has 0 fully saturated rings. The highest BCUT2D eigenvalue weighted by atomic mass is 35.5. The fourth-order valence-electron chi connectivity index (χ4n) is 1.39. The van der Waals surface area contributed by atoms with E-state index in [9.17, 15) is 14.6 Å². The minimum absolute atomic E-state index is 0.177. The second kappa shape index (κ2) is 6.36. The molecule has 0 saturated carbocycles. The van der Waals surface area contributed by atoms with Gasteiger partial charge in [0.05, 0.1) is 6.54 Å². The number of rotatable bonds is 4. The summed E-state index contributed by atoms with van der Waals surface area (Å²) in [4.78, 5) is 29.9. The molecule has 0 spiro atoms. The molecule has 0 aliphatic carbocycles. The number of amides is 2. The van der Waals surface area contributed by atoms with E-state index in [0.717, 1.165) is 4.90 Å². The molecule has 0 heterocycles. The van der Waals surface area contributed by atoms with Crippen LogP contribution in [0.4, 0.5) is 4.79 Å². The summed E-state index contributed by atoms with van der Waals surface area (Å²) in [7, 11) is -3.19. The average Bonchev–Trinajstić information content (AvgIpc) is 2.28. The molecule has 0 radical (unpaired) electrons. The van der Waals surface area contributed by atoms with Crippen LogP contribution in [0.15, 0.2) is 24.3 Å². The molecule has 0 saturated heterocycles. The van der Waals surface area contributed by atoms with Gasteiger partial charge in [0.25, 0.3) is 0 Å². The van der Waals surface area contributed by atoms with Crippen molar-refractivity contribution in [2.75, 3.05) is 13.3 Å². The molecule has 0 unspecified atom stereocenters. The summed E-state index contributed by atoms with van der Waals surface area (Å²) in [5.41, 5.74) is 0.518. The molecular weight excluding hydrogens is 295 g/mol. The van der Waals surface area contributed by atoms with E-state index in [1.54, 1.807) is 24.3 Å². The van der Waals surface area contributed by atoms with E-state index < -0.39 is 19.9 Å². The van der Waals surface area contributed by atoms with Crippen molar-refractivity contribution in [2.24, 2.45) is 0 Å². The first kappa shape index (κ1) is 15.9. The van der Waals surface area contributed by atoms with Crippen LogP contribution in [0, 0.1) is 0 Å². The largest absolute Gasteiger partial charge is 0.344 e. The van der Waals surface area contributed by atoms with Crippen LogP contribution in [0.2, 0.25) is 5.02 Å². The van der Waals surface area contributed by atoms with Crippen molar-refractivity contribution in [1.82, 2.24) is 9.96 Å². The smallest absolute Gasteiger partial charge is 0.323 e. The standard InChI is InChI=1S/C10H14ClN2O5P/c1-12(7-19(16,17)18)10(14)13(15)6-8-4-2-3-5-9(8)11/h2-5,15H,6-7H2,1H3,(H2,16,17,18). The molecule has 1 aromatic carbocycles. The summed E-state index contributed by atoms with van der Waals surface area (Å²) in [6.45, 7) is -0.177. The van der Waals surface area contributed by atoms with E-state index in [4.69, 9.17) is 21.4 Å². The molecule has 7 nitrogen and oxygen atoms in total. The van der Waals surface area contributed by atoms with Gasteiger partial charge in [0.1, 0.15) is 6.29 Å². The third-order valence-electron chi connectivity index (χ3n) is 2.22. The Bertz CT molecular complexity index is 506. The number of carbonyl (C=O) groups excluding carboxylic acids is 1. The van der Waals surface area contributed by atoms with Crippen molar-refractivity contribution in [3.05, 3.63) is 34.9 Å². The number of hydrogen-bond donors (Lipinski definition) is 3. The van der Waals surface area contributed by atoms with Gasteiger partial charge in [-0.1, -0.05) is 29.8 Å². The van der Waals surface area contributed by atoms with Crippen LogP contribution in [-0.4, -0.2) is 44.3 Å². The fraction of sp³-hybridized carbons (Fsp3) is 0.300. The van der Waals surface area contributed by atoms with E-state index in [1.165, 1.54) is 7.05 Å². The number of nitrogens with zero attached hydrogens (tertiary/aromatic N) is 2. The molecule has 3 N–H and O–H groups in total. The Balaban J connectivity index is 2.68. The third kappa shape index (κ3) is 5.18.